The molecule has 0 aliphatic heterocycles. The summed E-state index contributed by atoms with van der Waals surface area (Å²) in [7, 11) is 0. The summed E-state index contributed by atoms with van der Waals surface area (Å²) in [6.07, 6.45) is 0. The second-order valence-electron chi connectivity index (χ2n) is 6.27. The third-order valence-electron chi connectivity index (χ3n) is 3.95. The first-order valence-corrected chi connectivity index (χ1v) is 10.7. The molecule has 0 saturated heterocycles. The average Bonchev–Trinajstić information content (AvgIpc) is 2.70. The van der Waals surface area contributed by atoms with E-state index in [-0.39, 0.29) is 5.91 Å². The lowest BCUT2D eigenvalue weighted by atomic mass is 10.2. The minimum absolute atomic E-state index is 0.0884. The number of thioether (sulfide) groups is 1. The normalized spacial score (nSPS) is 10.3. The maximum Gasteiger partial charge on any atom is 0.234 e. The van der Waals surface area contributed by atoms with Crippen molar-refractivity contribution in [2.45, 2.75) is 11.8 Å². The molecule has 148 valence electrons. The van der Waals surface area contributed by atoms with Crippen LogP contribution >= 0.6 is 35.6 Å². The molecule has 3 N–H and O–H groups in total. The van der Waals surface area contributed by atoms with Crippen molar-refractivity contribution in [3.63, 3.8) is 0 Å². The molecule has 0 aliphatic carbocycles. The van der Waals surface area contributed by atoms with Gasteiger partial charge in [-0.25, -0.2) is 0 Å². The second kappa shape index (κ2) is 10.3. The Morgan fingerprint density at radius 1 is 0.897 bits per heavy atom. The van der Waals surface area contributed by atoms with Crippen molar-refractivity contribution in [2.75, 3.05) is 21.7 Å². The van der Waals surface area contributed by atoms with E-state index in [0.29, 0.717) is 21.6 Å². The lowest BCUT2D eigenvalue weighted by Gasteiger charge is -2.11. The monoisotopic (exact) mass is 441 g/mol. The Bertz CT molecular complexity index is 1010. The van der Waals surface area contributed by atoms with E-state index < -0.39 is 0 Å². The van der Waals surface area contributed by atoms with Crippen LogP contribution < -0.4 is 16.0 Å². The zero-order valence-electron chi connectivity index (χ0n) is 15.7. The highest BCUT2D eigenvalue weighted by molar-refractivity contribution is 8.00. The number of halogens is 1. The van der Waals surface area contributed by atoms with Gasteiger partial charge in [0.2, 0.25) is 5.91 Å². The number of nitrogens with one attached hydrogen (secondary N) is 3. The highest BCUT2D eigenvalue weighted by atomic mass is 35.5. The first kappa shape index (κ1) is 21.2. The molecule has 0 bridgehead atoms. The summed E-state index contributed by atoms with van der Waals surface area (Å²) in [6, 6.07) is 23.0. The average molecular weight is 442 g/mol. The first-order valence-electron chi connectivity index (χ1n) is 8.91. The summed E-state index contributed by atoms with van der Waals surface area (Å²) < 4.78 is 0. The molecular formula is C22H20ClN3OS2. The van der Waals surface area contributed by atoms with Crippen LogP contribution in [0.4, 0.5) is 17.1 Å². The topological polar surface area (TPSA) is 53.2 Å². The van der Waals surface area contributed by atoms with Crippen LogP contribution in [0.1, 0.15) is 5.56 Å². The summed E-state index contributed by atoms with van der Waals surface area (Å²) in [5, 5.41) is 10.3. The molecule has 0 fully saturated rings. The Balaban J connectivity index is 1.52. The summed E-state index contributed by atoms with van der Waals surface area (Å²) in [4.78, 5) is 13.2. The third-order valence-corrected chi connectivity index (χ3v) is 5.55. The number of rotatable bonds is 6. The van der Waals surface area contributed by atoms with Gasteiger partial charge in [0, 0.05) is 27.0 Å². The van der Waals surface area contributed by atoms with E-state index in [1.807, 2.05) is 73.7 Å². The number of thiocarbonyl (C=S) groups is 1. The fourth-order valence-corrected chi connectivity index (χ4v) is 3.67. The zero-order valence-corrected chi connectivity index (χ0v) is 18.1. The highest BCUT2D eigenvalue weighted by Gasteiger charge is 2.06. The van der Waals surface area contributed by atoms with Crippen molar-refractivity contribution >= 4 is 63.7 Å². The van der Waals surface area contributed by atoms with Crippen LogP contribution in [0, 0.1) is 6.92 Å². The molecule has 3 aromatic carbocycles. The zero-order chi connectivity index (χ0) is 20.6. The summed E-state index contributed by atoms with van der Waals surface area (Å²) >= 11 is 12.9. The maximum atomic E-state index is 12.2. The van der Waals surface area contributed by atoms with Gasteiger partial charge >= 0.3 is 0 Å². The van der Waals surface area contributed by atoms with Crippen molar-refractivity contribution in [2.24, 2.45) is 0 Å². The highest BCUT2D eigenvalue weighted by Crippen LogP contribution is 2.23. The molecule has 0 atom stereocenters. The fourth-order valence-electron chi connectivity index (χ4n) is 2.50. The molecule has 4 nitrogen and oxygen atoms in total. The molecule has 0 unspecified atom stereocenters. The summed E-state index contributed by atoms with van der Waals surface area (Å²) in [5.74, 6) is 0.205. The van der Waals surface area contributed by atoms with Crippen LogP contribution in [0.2, 0.25) is 5.02 Å². The van der Waals surface area contributed by atoms with Crippen molar-refractivity contribution in [1.82, 2.24) is 0 Å². The largest absolute Gasteiger partial charge is 0.332 e. The Labute approximate surface area is 185 Å². The van der Waals surface area contributed by atoms with Gasteiger partial charge in [0.05, 0.1) is 5.75 Å². The third kappa shape index (κ3) is 6.78. The molecule has 3 aromatic rings. The number of hydrogen-bond donors (Lipinski definition) is 3. The van der Waals surface area contributed by atoms with E-state index in [2.05, 4.69) is 16.0 Å². The van der Waals surface area contributed by atoms with Crippen LogP contribution in [0.5, 0.6) is 0 Å². The Morgan fingerprint density at radius 3 is 2.34 bits per heavy atom. The van der Waals surface area contributed by atoms with Crippen LogP contribution in [-0.4, -0.2) is 16.8 Å². The number of para-hydroxylation sites is 1. The lowest BCUT2D eigenvalue weighted by Crippen LogP contribution is -2.19. The molecule has 0 spiro atoms. The number of carbonyl (C=O) groups excluding carboxylic acids is 1. The van der Waals surface area contributed by atoms with Crippen molar-refractivity contribution in [3.8, 4) is 0 Å². The van der Waals surface area contributed by atoms with Crippen LogP contribution in [0.25, 0.3) is 0 Å². The number of aryl methyl sites for hydroxylation is 1. The van der Waals surface area contributed by atoms with Crippen LogP contribution in [-0.2, 0) is 4.79 Å². The molecule has 0 radical (unpaired) electrons. The molecule has 3 rings (SSSR count). The van der Waals surface area contributed by atoms with E-state index in [1.165, 1.54) is 11.8 Å². The Morgan fingerprint density at radius 2 is 1.59 bits per heavy atom. The number of amides is 1. The minimum atomic E-state index is -0.0884. The number of benzene rings is 3. The van der Waals surface area contributed by atoms with Crippen LogP contribution in [0.15, 0.2) is 77.7 Å². The van der Waals surface area contributed by atoms with Crippen LogP contribution in [0.3, 0.4) is 0 Å². The molecule has 29 heavy (non-hydrogen) atoms. The van der Waals surface area contributed by atoms with Gasteiger partial charge in [0.15, 0.2) is 5.11 Å². The standard InChI is InChI=1S/C22H20ClN3OS2/c1-15-10-11-18(13-20(15)23)24-21(27)14-29-19-9-5-8-17(12-19)26-22(28)25-16-6-3-2-4-7-16/h2-13H,14H2,1H3,(H,24,27)(H2,25,26,28). The van der Waals surface area contributed by atoms with Gasteiger partial charge in [-0.3, -0.25) is 4.79 Å². The number of anilines is 3. The van der Waals surface area contributed by atoms with E-state index in [0.717, 1.165) is 21.8 Å². The lowest BCUT2D eigenvalue weighted by molar-refractivity contribution is -0.113. The van der Waals surface area contributed by atoms with Crippen molar-refractivity contribution in [1.29, 1.82) is 0 Å². The van der Waals surface area contributed by atoms with Gasteiger partial charge in [-0.05, 0) is 67.2 Å². The molecule has 7 heteroatoms. The van der Waals surface area contributed by atoms with Gasteiger partial charge < -0.3 is 16.0 Å². The quantitative estimate of drug-likeness (QED) is 0.314. The smallest absolute Gasteiger partial charge is 0.234 e. The molecule has 0 heterocycles. The van der Waals surface area contributed by atoms with E-state index in [1.54, 1.807) is 6.07 Å². The summed E-state index contributed by atoms with van der Waals surface area (Å²) in [6.45, 7) is 1.92. The van der Waals surface area contributed by atoms with Crippen molar-refractivity contribution in [3.05, 3.63) is 83.4 Å². The molecule has 1 amide bonds. The van der Waals surface area contributed by atoms with E-state index >= 15 is 0 Å². The number of hydrogen-bond acceptors (Lipinski definition) is 3. The fraction of sp³-hybridized carbons (Fsp3) is 0.0909. The predicted octanol–water partition coefficient (Wildman–Crippen LogP) is 6.19. The first-order chi connectivity index (χ1) is 14.0. The van der Waals surface area contributed by atoms with E-state index in [4.69, 9.17) is 23.8 Å². The van der Waals surface area contributed by atoms with Gasteiger partial charge in [-0.2, -0.15) is 0 Å². The van der Waals surface area contributed by atoms with Gasteiger partial charge in [-0.15, -0.1) is 11.8 Å². The van der Waals surface area contributed by atoms with Crippen molar-refractivity contribution < 1.29 is 4.79 Å². The predicted molar refractivity (Wildman–Crippen MR) is 128 cm³/mol. The Kier molecular flexibility index (Phi) is 7.52. The maximum absolute atomic E-state index is 12.2. The number of carbonyl (C=O) groups is 1. The molecular weight excluding hydrogens is 422 g/mol. The molecule has 0 saturated carbocycles. The summed E-state index contributed by atoms with van der Waals surface area (Å²) in [5.41, 5.74) is 3.44. The van der Waals surface area contributed by atoms with E-state index in [9.17, 15) is 4.79 Å². The van der Waals surface area contributed by atoms with Gasteiger partial charge in [0.1, 0.15) is 0 Å². The minimum Gasteiger partial charge on any atom is -0.332 e. The Hall–Kier alpha value is -2.54. The SMILES string of the molecule is Cc1ccc(NC(=O)CSc2cccc(NC(=S)Nc3ccccc3)c2)cc1Cl. The molecule has 0 aliphatic rings. The second-order valence-corrected chi connectivity index (χ2v) is 8.14. The van der Waals surface area contributed by atoms with Gasteiger partial charge in [-0.1, -0.05) is 41.9 Å². The van der Waals surface area contributed by atoms with Gasteiger partial charge in [0.25, 0.3) is 0 Å². The molecule has 0 aromatic heterocycles.